The van der Waals surface area contributed by atoms with Gasteiger partial charge in [-0.1, -0.05) is 36.4 Å². The maximum absolute atomic E-state index is 11.4. The summed E-state index contributed by atoms with van der Waals surface area (Å²) in [5.74, 6) is -0.887. The van der Waals surface area contributed by atoms with Gasteiger partial charge < -0.3 is 10.4 Å². The van der Waals surface area contributed by atoms with Crippen LogP contribution < -0.4 is 5.32 Å². The summed E-state index contributed by atoms with van der Waals surface area (Å²) in [6, 6.07) is 14.3. The Morgan fingerprint density at radius 1 is 1.21 bits per heavy atom. The molecule has 2 rings (SSSR count). The van der Waals surface area contributed by atoms with Crippen molar-refractivity contribution in [1.29, 1.82) is 0 Å². The molecule has 0 saturated heterocycles. The van der Waals surface area contributed by atoms with Crippen LogP contribution in [0.15, 0.2) is 48.5 Å². The van der Waals surface area contributed by atoms with E-state index in [2.05, 4.69) is 27.9 Å². The molecule has 19 heavy (non-hydrogen) atoms. The average Bonchev–Trinajstić information content (AvgIpc) is 2.40. The first kappa shape index (κ1) is 13.9. The number of hydrogen-bond donors (Lipinski definition) is 2. The van der Waals surface area contributed by atoms with E-state index in [-0.39, 0.29) is 0 Å². The minimum Gasteiger partial charge on any atom is -0.479 e. The first-order valence-corrected chi connectivity index (χ1v) is 6.96. The van der Waals surface area contributed by atoms with Crippen molar-refractivity contribution in [3.05, 3.63) is 63.2 Å². The molecule has 2 aromatic carbocycles. The lowest BCUT2D eigenvalue weighted by atomic mass is 10.1. The molecule has 0 aromatic heterocycles. The van der Waals surface area contributed by atoms with Crippen molar-refractivity contribution in [2.45, 2.75) is 13.0 Å². The number of anilines is 1. The molecule has 0 bridgehead atoms. The molecule has 1 unspecified atom stereocenters. The third-order valence-corrected chi connectivity index (χ3v) is 4.02. The van der Waals surface area contributed by atoms with E-state index in [9.17, 15) is 9.90 Å². The highest BCUT2D eigenvalue weighted by atomic mass is 127. The summed E-state index contributed by atoms with van der Waals surface area (Å²) in [5, 5.41) is 12.4. The van der Waals surface area contributed by atoms with Crippen LogP contribution in [0.2, 0.25) is 0 Å². The zero-order valence-corrected chi connectivity index (χ0v) is 12.6. The number of benzene rings is 2. The number of hydrogen-bond acceptors (Lipinski definition) is 2. The number of halogens is 1. The fourth-order valence-corrected chi connectivity index (χ4v) is 2.30. The predicted molar refractivity (Wildman–Crippen MR) is 84.3 cm³/mol. The summed E-state index contributed by atoms with van der Waals surface area (Å²) in [6.45, 7) is 2.03. The van der Waals surface area contributed by atoms with E-state index in [1.54, 1.807) is 0 Å². The highest BCUT2D eigenvalue weighted by Crippen LogP contribution is 2.23. The van der Waals surface area contributed by atoms with Gasteiger partial charge in [0.15, 0.2) is 6.04 Å². The first-order valence-electron chi connectivity index (χ1n) is 5.88. The number of carboxylic acid groups (broad SMARTS) is 1. The molecule has 0 radical (unpaired) electrons. The highest BCUT2D eigenvalue weighted by molar-refractivity contribution is 14.1. The largest absolute Gasteiger partial charge is 0.479 e. The molecular weight excluding hydrogens is 353 g/mol. The van der Waals surface area contributed by atoms with Crippen LogP contribution in [0.25, 0.3) is 0 Å². The van der Waals surface area contributed by atoms with Crippen LogP contribution in [0.3, 0.4) is 0 Å². The molecule has 0 amide bonds. The van der Waals surface area contributed by atoms with Crippen molar-refractivity contribution in [2.75, 3.05) is 5.32 Å². The first-order chi connectivity index (χ1) is 9.08. The smallest absolute Gasteiger partial charge is 0.330 e. The molecule has 0 saturated carbocycles. The van der Waals surface area contributed by atoms with Gasteiger partial charge in [0.25, 0.3) is 0 Å². The molecule has 0 heterocycles. The molecule has 2 N–H and O–H groups in total. The van der Waals surface area contributed by atoms with Crippen LogP contribution in [0.4, 0.5) is 5.69 Å². The van der Waals surface area contributed by atoms with Crippen LogP contribution in [0, 0.1) is 10.5 Å². The molecule has 0 spiro atoms. The minimum absolute atomic E-state index is 0.736. The SMILES string of the molecule is Cc1ccc(NC(C(=O)O)c2ccccc2)cc1I. The summed E-state index contributed by atoms with van der Waals surface area (Å²) in [7, 11) is 0. The monoisotopic (exact) mass is 367 g/mol. The Balaban J connectivity index is 2.27. The molecule has 2 aromatic rings. The molecule has 98 valence electrons. The normalized spacial score (nSPS) is 11.9. The topological polar surface area (TPSA) is 49.3 Å². The Hall–Kier alpha value is -1.56. The number of carboxylic acids is 1. The van der Waals surface area contributed by atoms with Crippen molar-refractivity contribution in [3.8, 4) is 0 Å². The average molecular weight is 367 g/mol. The van der Waals surface area contributed by atoms with E-state index < -0.39 is 12.0 Å². The zero-order chi connectivity index (χ0) is 13.8. The van der Waals surface area contributed by atoms with Crippen LogP contribution in [0.5, 0.6) is 0 Å². The predicted octanol–water partition coefficient (Wildman–Crippen LogP) is 3.84. The number of rotatable bonds is 4. The minimum atomic E-state index is -0.887. The van der Waals surface area contributed by atoms with Gasteiger partial charge in [-0.3, -0.25) is 0 Å². The van der Waals surface area contributed by atoms with Crippen LogP contribution in [-0.4, -0.2) is 11.1 Å². The van der Waals surface area contributed by atoms with Gasteiger partial charge in [-0.25, -0.2) is 4.79 Å². The van der Waals surface area contributed by atoms with Gasteiger partial charge in [-0.15, -0.1) is 0 Å². The van der Waals surface area contributed by atoms with E-state index in [0.29, 0.717) is 0 Å². The highest BCUT2D eigenvalue weighted by Gasteiger charge is 2.19. The third kappa shape index (κ3) is 3.47. The van der Waals surface area contributed by atoms with Crippen LogP contribution in [0.1, 0.15) is 17.2 Å². The second kappa shape index (κ2) is 6.06. The quantitative estimate of drug-likeness (QED) is 0.808. The van der Waals surface area contributed by atoms with E-state index in [0.717, 1.165) is 14.8 Å². The van der Waals surface area contributed by atoms with Crippen LogP contribution in [-0.2, 0) is 4.79 Å². The standard InChI is InChI=1S/C15H14INO2/c1-10-7-8-12(9-13(10)16)17-14(15(18)19)11-5-3-2-4-6-11/h2-9,14,17H,1H3,(H,18,19). The Kier molecular flexibility index (Phi) is 4.42. The van der Waals surface area contributed by atoms with E-state index in [4.69, 9.17) is 0 Å². The van der Waals surface area contributed by atoms with E-state index >= 15 is 0 Å². The maximum atomic E-state index is 11.4. The second-order valence-electron chi connectivity index (χ2n) is 4.29. The molecule has 3 nitrogen and oxygen atoms in total. The summed E-state index contributed by atoms with van der Waals surface area (Å²) < 4.78 is 1.11. The Morgan fingerprint density at radius 3 is 2.47 bits per heavy atom. The second-order valence-corrected chi connectivity index (χ2v) is 5.45. The van der Waals surface area contributed by atoms with Crippen molar-refractivity contribution >= 4 is 34.2 Å². The van der Waals surface area contributed by atoms with Crippen molar-refractivity contribution < 1.29 is 9.90 Å². The summed E-state index contributed by atoms with van der Waals surface area (Å²) in [4.78, 5) is 11.4. The molecule has 1 atom stereocenters. The number of nitrogens with one attached hydrogen (secondary N) is 1. The van der Waals surface area contributed by atoms with Gasteiger partial charge in [0.05, 0.1) is 0 Å². The number of aryl methyl sites for hydroxylation is 1. The molecule has 0 aliphatic carbocycles. The van der Waals surface area contributed by atoms with Crippen LogP contribution >= 0.6 is 22.6 Å². The summed E-state index contributed by atoms with van der Waals surface area (Å²) in [6.07, 6.45) is 0. The number of carbonyl (C=O) groups is 1. The Morgan fingerprint density at radius 2 is 1.89 bits per heavy atom. The number of aliphatic carboxylic acids is 1. The van der Waals surface area contributed by atoms with Crippen molar-refractivity contribution in [2.24, 2.45) is 0 Å². The lowest BCUT2D eigenvalue weighted by Crippen LogP contribution is -2.20. The Bertz CT molecular complexity index is 584. The lowest BCUT2D eigenvalue weighted by molar-refractivity contribution is -0.138. The fourth-order valence-electron chi connectivity index (χ4n) is 1.78. The van der Waals surface area contributed by atoms with E-state index in [1.165, 1.54) is 5.56 Å². The molecule has 0 aliphatic heterocycles. The third-order valence-electron chi connectivity index (χ3n) is 2.86. The van der Waals surface area contributed by atoms with Gasteiger partial charge >= 0.3 is 5.97 Å². The maximum Gasteiger partial charge on any atom is 0.330 e. The van der Waals surface area contributed by atoms with Gasteiger partial charge in [0.2, 0.25) is 0 Å². The fraction of sp³-hybridized carbons (Fsp3) is 0.133. The molecular formula is C15H14INO2. The molecule has 0 aliphatic rings. The molecule has 4 heteroatoms. The van der Waals surface area contributed by atoms with Gasteiger partial charge in [0.1, 0.15) is 0 Å². The molecule has 0 fully saturated rings. The Labute approximate surface area is 125 Å². The zero-order valence-electron chi connectivity index (χ0n) is 10.4. The lowest BCUT2D eigenvalue weighted by Gasteiger charge is -2.16. The summed E-state index contributed by atoms with van der Waals surface area (Å²) >= 11 is 2.24. The van der Waals surface area contributed by atoms with Gasteiger partial charge in [-0.05, 0) is 52.8 Å². The van der Waals surface area contributed by atoms with Crippen molar-refractivity contribution in [3.63, 3.8) is 0 Å². The van der Waals surface area contributed by atoms with Crippen molar-refractivity contribution in [1.82, 2.24) is 0 Å². The van der Waals surface area contributed by atoms with Gasteiger partial charge in [-0.2, -0.15) is 0 Å². The summed E-state index contributed by atoms with van der Waals surface area (Å²) in [5.41, 5.74) is 2.73. The van der Waals surface area contributed by atoms with Gasteiger partial charge in [0, 0.05) is 9.26 Å². The van der Waals surface area contributed by atoms with E-state index in [1.807, 2.05) is 55.5 Å².